The van der Waals surface area contributed by atoms with Crippen LogP contribution < -0.4 is 9.54 Å². The molecule has 0 radical (unpaired) electrons. The van der Waals surface area contributed by atoms with Crippen LogP contribution in [-0.2, 0) is 23.5 Å². The molecule has 5 nitrogen and oxygen atoms in total. The molecule has 0 atom stereocenters. The predicted octanol–water partition coefficient (Wildman–Crippen LogP) is 3.10. The van der Waals surface area contributed by atoms with E-state index in [1.807, 2.05) is 23.7 Å². The van der Waals surface area contributed by atoms with Crippen molar-refractivity contribution in [1.29, 1.82) is 0 Å². The third-order valence-corrected chi connectivity index (χ3v) is 6.34. The van der Waals surface area contributed by atoms with Crippen LogP contribution in [0.5, 0.6) is 5.75 Å². The molecule has 0 saturated heterocycles. The summed E-state index contributed by atoms with van der Waals surface area (Å²) in [6.45, 7) is 2.08. The van der Waals surface area contributed by atoms with E-state index in [4.69, 9.17) is 4.74 Å². The van der Waals surface area contributed by atoms with Gasteiger partial charge >= 0.3 is 0 Å². The first-order chi connectivity index (χ1) is 11.5. The zero-order valence-electron chi connectivity index (χ0n) is 13.7. The Labute approximate surface area is 144 Å². The minimum atomic E-state index is -3.77. The normalized spacial score (nSPS) is 12.7. The minimum Gasteiger partial charge on any atom is -0.497 e. The van der Waals surface area contributed by atoms with Crippen molar-refractivity contribution in [2.75, 3.05) is 7.11 Å². The van der Waals surface area contributed by atoms with Gasteiger partial charge in [-0.2, -0.15) is 8.42 Å². The number of benzene rings is 2. The highest BCUT2D eigenvalue weighted by Gasteiger charge is 2.14. The van der Waals surface area contributed by atoms with Crippen LogP contribution in [0.25, 0.3) is 10.2 Å². The Morgan fingerprint density at radius 1 is 1.17 bits per heavy atom. The van der Waals surface area contributed by atoms with Gasteiger partial charge < -0.3 is 9.30 Å². The monoisotopic (exact) mass is 362 g/mol. The van der Waals surface area contributed by atoms with Crippen LogP contribution in [0.3, 0.4) is 0 Å². The molecule has 1 heterocycles. The molecule has 0 amide bonds. The largest absolute Gasteiger partial charge is 0.497 e. The fourth-order valence-electron chi connectivity index (χ4n) is 2.56. The van der Waals surface area contributed by atoms with E-state index >= 15 is 0 Å². The molecule has 1 aromatic heterocycles. The van der Waals surface area contributed by atoms with Crippen LogP contribution in [0.2, 0.25) is 0 Å². The maximum atomic E-state index is 12.6. The average molecular weight is 362 g/mol. The Bertz CT molecular complexity index is 1050. The lowest BCUT2D eigenvalue weighted by Crippen LogP contribution is -2.14. The smallest absolute Gasteiger partial charge is 0.285 e. The van der Waals surface area contributed by atoms with Gasteiger partial charge in [0.1, 0.15) is 5.75 Å². The minimum absolute atomic E-state index is 0.150. The summed E-state index contributed by atoms with van der Waals surface area (Å²) in [6, 6.07) is 12.3. The molecule has 0 bridgehead atoms. The molecule has 0 saturated carbocycles. The Morgan fingerprint density at radius 3 is 2.50 bits per heavy atom. The molecular weight excluding hydrogens is 344 g/mol. The summed E-state index contributed by atoms with van der Waals surface area (Å²) >= 11 is 1.38. The molecule has 0 unspecified atom stereocenters. The van der Waals surface area contributed by atoms with Crippen LogP contribution in [0.4, 0.5) is 0 Å². The van der Waals surface area contributed by atoms with Crippen LogP contribution in [-0.4, -0.2) is 20.1 Å². The van der Waals surface area contributed by atoms with Gasteiger partial charge in [0, 0.05) is 7.05 Å². The van der Waals surface area contributed by atoms with Gasteiger partial charge in [-0.15, -0.1) is 4.40 Å². The van der Waals surface area contributed by atoms with Crippen molar-refractivity contribution in [2.24, 2.45) is 11.4 Å². The number of aryl methyl sites for hydroxylation is 2. The van der Waals surface area contributed by atoms with Gasteiger partial charge in [-0.05, 0) is 42.3 Å². The molecule has 0 N–H and O–H groups in total. The number of ether oxygens (including phenoxy) is 1. The third kappa shape index (κ3) is 2.97. The zero-order chi connectivity index (χ0) is 17.3. The lowest BCUT2D eigenvalue weighted by Gasteiger charge is -2.03. The summed E-state index contributed by atoms with van der Waals surface area (Å²) in [5.41, 5.74) is 2.21. The molecule has 0 spiro atoms. The molecule has 2 aromatic carbocycles. The van der Waals surface area contributed by atoms with Crippen molar-refractivity contribution in [1.82, 2.24) is 4.57 Å². The zero-order valence-corrected chi connectivity index (χ0v) is 15.3. The number of aromatic nitrogens is 1. The number of thiazole rings is 1. The highest BCUT2D eigenvalue weighted by atomic mass is 32.2. The van der Waals surface area contributed by atoms with Gasteiger partial charge in [-0.1, -0.05) is 30.4 Å². The number of hydrogen-bond donors (Lipinski definition) is 0. The van der Waals surface area contributed by atoms with Crippen molar-refractivity contribution < 1.29 is 13.2 Å². The first-order valence-electron chi connectivity index (χ1n) is 7.48. The van der Waals surface area contributed by atoms with E-state index in [-0.39, 0.29) is 4.90 Å². The van der Waals surface area contributed by atoms with Gasteiger partial charge in [-0.3, -0.25) is 0 Å². The van der Waals surface area contributed by atoms with Crippen molar-refractivity contribution in [3.8, 4) is 5.75 Å². The van der Waals surface area contributed by atoms with Crippen molar-refractivity contribution >= 4 is 31.6 Å². The number of hydrogen-bond acceptors (Lipinski definition) is 4. The molecule has 0 aliphatic rings. The second kappa shape index (κ2) is 6.41. The summed E-state index contributed by atoms with van der Waals surface area (Å²) < 4.78 is 37.1. The standard InChI is InChI=1S/C17H18N2O3S2/c1-4-12-6-5-7-15-16(12)19(2)17(23-15)18-24(20,21)14-10-8-13(22-3)9-11-14/h5-11H,4H2,1-3H3/b18-17-. The van der Waals surface area contributed by atoms with E-state index in [9.17, 15) is 8.42 Å². The van der Waals surface area contributed by atoms with E-state index in [1.165, 1.54) is 36.1 Å². The van der Waals surface area contributed by atoms with Crippen molar-refractivity contribution in [3.63, 3.8) is 0 Å². The fraction of sp³-hybridized carbons (Fsp3) is 0.235. The number of sulfonamides is 1. The number of methoxy groups -OCH3 is 1. The maximum Gasteiger partial charge on any atom is 0.285 e. The van der Waals surface area contributed by atoms with E-state index < -0.39 is 10.0 Å². The lowest BCUT2D eigenvalue weighted by molar-refractivity contribution is 0.414. The van der Waals surface area contributed by atoms with Gasteiger partial charge in [0.05, 0.1) is 22.2 Å². The first-order valence-corrected chi connectivity index (χ1v) is 9.74. The average Bonchev–Trinajstić information content (AvgIpc) is 2.90. The van der Waals surface area contributed by atoms with Crippen LogP contribution in [0.1, 0.15) is 12.5 Å². The molecule has 126 valence electrons. The summed E-state index contributed by atoms with van der Waals surface area (Å²) in [4.78, 5) is 0.609. The summed E-state index contributed by atoms with van der Waals surface area (Å²) in [5.74, 6) is 0.606. The lowest BCUT2D eigenvalue weighted by atomic mass is 10.1. The molecule has 0 fully saturated rings. The molecular formula is C17H18N2O3S2. The Hall–Kier alpha value is -2.12. The quantitative estimate of drug-likeness (QED) is 0.716. The Morgan fingerprint density at radius 2 is 1.88 bits per heavy atom. The molecule has 0 aliphatic carbocycles. The number of nitrogens with zero attached hydrogens (tertiary/aromatic N) is 2. The highest BCUT2D eigenvalue weighted by Crippen LogP contribution is 2.22. The SMILES string of the molecule is CCc1cccc2s/c(=N\S(=O)(=O)c3ccc(OC)cc3)n(C)c12. The predicted molar refractivity (Wildman–Crippen MR) is 95.9 cm³/mol. The van der Waals surface area contributed by atoms with E-state index in [1.54, 1.807) is 12.1 Å². The second-order valence-corrected chi connectivity index (χ2v) is 7.92. The summed E-state index contributed by atoms with van der Waals surface area (Å²) in [6.07, 6.45) is 0.882. The highest BCUT2D eigenvalue weighted by molar-refractivity contribution is 7.90. The van der Waals surface area contributed by atoms with Crippen molar-refractivity contribution in [3.05, 3.63) is 52.8 Å². The second-order valence-electron chi connectivity index (χ2n) is 5.30. The van der Waals surface area contributed by atoms with E-state index in [2.05, 4.69) is 17.4 Å². The van der Waals surface area contributed by atoms with Crippen molar-refractivity contribution in [2.45, 2.75) is 18.2 Å². The Balaban J connectivity index is 2.16. The van der Waals surface area contributed by atoms with E-state index in [0.717, 1.165) is 16.6 Å². The van der Waals surface area contributed by atoms with E-state index in [0.29, 0.717) is 10.6 Å². The Kier molecular flexibility index (Phi) is 4.47. The number of fused-ring (bicyclic) bond motifs is 1. The van der Waals surface area contributed by atoms with Gasteiger partial charge in [0.2, 0.25) is 4.80 Å². The molecule has 24 heavy (non-hydrogen) atoms. The fourth-order valence-corrected chi connectivity index (χ4v) is 4.85. The van der Waals surface area contributed by atoms with Crippen LogP contribution >= 0.6 is 11.3 Å². The topological polar surface area (TPSA) is 60.7 Å². The summed E-state index contributed by atoms with van der Waals surface area (Å²) in [5, 5.41) is 0. The van der Waals surface area contributed by atoms with Crippen LogP contribution in [0.15, 0.2) is 51.8 Å². The van der Waals surface area contributed by atoms with Gasteiger partial charge in [0.25, 0.3) is 10.0 Å². The number of rotatable bonds is 4. The number of para-hydroxylation sites is 1. The summed E-state index contributed by atoms with van der Waals surface area (Å²) in [7, 11) is -0.383. The molecule has 7 heteroatoms. The maximum absolute atomic E-state index is 12.6. The molecule has 3 aromatic rings. The molecule has 0 aliphatic heterocycles. The first kappa shape index (κ1) is 16.7. The van der Waals surface area contributed by atoms with Gasteiger partial charge in [0.15, 0.2) is 0 Å². The third-order valence-electron chi connectivity index (χ3n) is 3.84. The molecule has 3 rings (SSSR count). The van der Waals surface area contributed by atoms with Crippen LogP contribution in [0, 0.1) is 0 Å². The van der Waals surface area contributed by atoms with Gasteiger partial charge in [-0.25, -0.2) is 0 Å².